The highest BCUT2D eigenvalue weighted by Gasteiger charge is 2.06. The average molecular weight is 177 g/mol. The first-order valence-corrected chi connectivity index (χ1v) is 4.15. The van der Waals surface area contributed by atoms with Crippen LogP contribution in [0.2, 0.25) is 0 Å². The van der Waals surface area contributed by atoms with Crippen molar-refractivity contribution in [2.45, 2.75) is 20.3 Å². The zero-order chi connectivity index (χ0) is 9.84. The van der Waals surface area contributed by atoms with E-state index in [-0.39, 0.29) is 11.6 Å². The third-order valence-corrected chi connectivity index (χ3v) is 1.76. The molecule has 0 aliphatic carbocycles. The molecule has 3 nitrogen and oxygen atoms in total. The molecule has 0 radical (unpaired) electrons. The summed E-state index contributed by atoms with van der Waals surface area (Å²) in [5, 5.41) is 0. The van der Waals surface area contributed by atoms with Crippen LogP contribution in [-0.2, 0) is 0 Å². The van der Waals surface area contributed by atoms with E-state index in [2.05, 4.69) is 4.98 Å². The van der Waals surface area contributed by atoms with Crippen molar-refractivity contribution in [3.63, 3.8) is 0 Å². The van der Waals surface area contributed by atoms with Gasteiger partial charge in [0, 0.05) is 25.1 Å². The first-order valence-electron chi connectivity index (χ1n) is 4.15. The number of hydrogen-bond acceptors (Lipinski definition) is 3. The lowest BCUT2D eigenvalue weighted by Gasteiger charge is -1.98. The number of hydrogen-bond donors (Lipinski definition) is 0. The maximum atomic E-state index is 11.2. The van der Waals surface area contributed by atoms with Crippen LogP contribution in [0.25, 0.3) is 0 Å². The Hall–Kier alpha value is -1.51. The number of aromatic nitrogens is 1. The Balaban J connectivity index is 3.05. The largest absolute Gasteiger partial charge is 0.294 e. The third kappa shape index (κ3) is 2.21. The lowest BCUT2D eigenvalue weighted by atomic mass is 10.1. The summed E-state index contributed by atoms with van der Waals surface area (Å²) >= 11 is 0. The van der Waals surface area contributed by atoms with E-state index in [4.69, 9.17) is 0 Å². The molecule has 0 aliphatic rings. The van der Waals surface area contributed by atoms with Crippen LogP contribution < -0.4 is 0 Å². The molecule has 0 saturated carbocycles. The SMILES string of the molecule is CCC(=O)c1ccnc(C(C)=O)c1. The molecule has 68 valence electrons. The second-order valence-electron chi connectivity index (χ2n) is 2.76. The molecule has 0 aliphatic heterocycles. The number of ketones is 2. The minimum atomic E-state index is -0.120. The predicted octanol–water partition coefficient (Wildman–Crippen LogP) is 1.88. The summed E-state index contributed by atoms with van der Waals surface area (Å²) in [5.41, 5.74) is 0.905. The Morgan fingerprint density at radius 2 is 2.15 bits per heavy atom. The summed E-state index contributed by atoms with van der Waals surface area (Å²) in [6.07, 6.45) is 1.93. The highest BCUT2D eigenvalue weighted by atomic mass is 16.1. The van der Waals surface area contributed by atoms with Gasteiger partial charge in [-0.25, -0.2) is 0 Å². The molecule has 0 spiro atoms. The molecular weight excluding hydrogens is 166 g/mol. The minimum Gasteiger partial charge on any atom is -0.294 e. The van der Waals surface area contributed by atoms with E-state index in [0.717, 1.165) is 0 Å². The summed E-state index contributed by atoms with van der Waals surface area (Å²) in [6, 6.07) is 3.16. The molecule has 0 bridgehead atoms. The van der Waals surface area contributed by atoms with Gasteiger partial charge in [0.25, 0.3) is 0 Å². The molecule has 0 aromatic carbocycles. The highest BCUT2D eigenvalue weighted by molar-refractivity contribution is 5.99. The predicted molar refractivity (Wildman–Crippen MR) is 48.9 cm³/mol. The molecule has 0 atom stereocenters. The summed E-state index contributed by atoms with van der Waals surface area (Å²) < 4.78 is 0. The van der Waals surface area contributed by atoms with Gasteiger partial charge in [0.15, 0.2) is 11.6 Å². The molecule has 3 heteroatoms. The van der Waals surface area contributed by atoms with E-state index in [1.807, 2.05) is 0 Å². The topological polar surface area (TPSA) is 47.0 Å². The first-order chi connectivity index (χ1) is 6.15. The zero-order valence-corrected chi connectivity index (χ0v) is 7.70. The van der Waals surface area contributed by atoms with Crippen molar-refractivity contribution in [3.05, 3.63) is 29.6 Å². The van der Waals surface area contributed by atoms with Gasteiger partial charge in [-0.05, 0) is 12.1 Å². The Bertz CT molecular complexity index is 345. The smallest absolute Gasteiger partial charge is 0.178 e. The van der Waals surface area contributed by atoms with E-state index < -0.39 is 0 Å². The van der Waals surface area contributed by atoms with Crippen molar-refractivity contribution in [1.82, 2.24) is 4.98 Å². The van der Waals surface area contributed by atoms with Gasteiger partial charge < -0.3 is 0 Å². The fourth-order valence-electron chi connectivity index (χ4n) is 1.00. The van der Waals surface area contributed by atoms with Crippen molar-refractivity contribution < 1.29 is 9.59 Å². The van der Waals surface area contributed by atoms with E-state index >= 15 is 0 Å². The van der Waals surface area contributed by atoms with Crippen LogP contribution in [0.3, 0.4) is 0 Å². The minimum absolute atomic E-state index is 0.0323. The molecule has 0 unspecified atom stereocenters. The summed E-state index contributed by atoms with van der Waals surface area (Å²) in [4.78, 5) is 26.0. The van der Waals surface area contributed by atoms with Gasteiger partial charge in [-0.1, -0.05) is 6.92 Å². The van der Waals surface area contributed by atoms with Gasteiger partial charge >= 0.3 is 0 Å². The van der Waals surface area contributed by atoms with Crippen molar-refractivity contribution >= 4 is 11.6 Å². The maximum Gasteiger partial charge on any atom is 0.178 e. The van der Waals surface area contributed by atoms with Gasteiger partial charge in [-0.3, -0.25) is 14.6 Å². The van der Waals surface area contributed by atoms with Crippen LogP contribution in [0.5, 0.6) is 0 Å². The van der Waals surface area contributed by atoms with E-state index in [9.17, 15) is 9.59 Å². The number of pyridine rings is 1. The molecule has 0 fully saturated rings. The monoisotopic (exact) mass is 177 g/mol. The lowest BCUT2D eigenvalue weighted by molar-refractivity contribution is 0.0988. The molecule has 1 aromatic heterocycles. The molecule has 13 heavy (non-hydrogen) atoms. The maximum absolute atomic E-state index is 11.2. The van der Waals surface area contributed by atoms with E-state index in [1.54, 1.807) is 13.0 Å². The second kappa shape index (κ2) is 3.94. The molecule has 0 saturated heterocycles. The molecule has 1 rings (SSSR count). The Morgan fingerprint density at radius 1 is 1.46 bits per heavy atom. The van der Waals surface area contributed by atoms with Crippen molar-refractivity contribution in [1.29, 1.82) is 0 Å². The van der Waals surface area contributed by atoms with Crippen LogP contribution >= 0.6 is 0 Å². The van der Waals surface area contributed by atoms with Crippen LogP contribution in [0.4, 0.5) is 0 Å². The fraction of sp³-hybridized carbons (Fsp3) is 0.300. The number of carbonyl (C=O) groups is 2. The molecule has 0 N–H and O–H groups in total. The molecular formula is C10H11NO2. The van der Waals surface area contributed by atoms with Gasteiger partial charge in [0.2, 0.25) is 0 Å². The van der Waals surface area contributed by atoms with Gasteiger partial charge in [0.05, 0.1) is 0 Å². The Labute approximate surface area is 76.8 Å². The summed E-state index contributed by atoms with van der Waals surface area (Å²) in [7, 11) is 0. The first kappa shape index (κ1) is 9.58. The van der Waals surface area contributed by atoms with Gasteiger partial charge in [0.1, 0.15) is 5.69 Å². The second-order valence-corrected chi connectivity index (χ2v) is 2.76. The molecule has 1 heterocycles. The summed E-state index contributed by atoms with van der Waals surface area (Å²) in [5.74, 6) is -0.0874. The van der Waals surface area contributed by atoms with Gasteiger partial charge in [-0.15, -0.1) is 0 Å². The number of nitrogens with zero attached hydrogens (tertiary/aromatic N) is 1. The highest BCUT2D eigenvalue weighted by Crippen LogP contribution is 2.05. The average Bonchev–Trinajstić information content (AvgIpc) is 2.17. The number of carbonyl (C=O) groups excluding carboxylic acids is 2. The number of rotatable bonds is 3. The molecule has 0 amide bonds. The normalized spacial score (nSPS) is 9.69. The fourth-order valence-corrected chi connectivity index (χ4v) is 1.00. The quantitative estimate of drug-likeness (QED) is 0.662. The van der Waals surface area contributed by atoms with Crippen LogP contribution in [-0.4, -0.2) is 16.6 Å². The standard InChI is InChI=1S/C10H11NO2/c1-3-10(13)8-4-5-11-9(6-8)7(2)12/h4-6H,3H2,1-2H3. The van der Waals surface area contributed by atoms with Crippen LogP contribution in [0, 0.1) is 0 Å². The Kier molecular flexibility index (Phi) is 2.90. The van der Waals surface area contributed by atoms with Crippen molar-refractivity contribution in [2.24, 2.45) is 0 Å². The number of Topliss-reactive ketones (excluding diaryl/α,β-unsaturated/α-hetero) is 2. The van der Waals surface area contributed by atoms with E-state index in [0.29, 0.717) is 17.7 Å². The Morgan fingerprint density at radius 3 is 2.69 bits per heavy atom. The third-order valence-electron chi connectivity index (χ3n) is 1.76. The van der Waals surface area contributed by atoms with Crippen molar-refractivity contribution in [3.8, 4) is 0 Å². The van der Waals surface area contributed by atoms with Crippen molar-refractivity contribution in [2.75, 3.05) is 0 Å². The summed E-state index contributed by atoms with van der Waals surface area (Å²) in [6.45, 7) is 3.22. The van der Waals surface area contributed by atoms with Crippen LogP contribution in [0.1, 0.15) is 41.1 Å². The van der Waals surface area contributed by atoms with Crippen LogP contribution in [0.15, 0.2) is 18.3 Å². The lowest BCUT2D eigenvalue weighted by Crippen LogP contribution is -2.02. The zero-order valence-electron chi connectivity index (χ0n) is 7.70. The van der Waals surface area contributed by atoms with Gasteiger partial charge in [-0.2, -0.15) is 0 Å². The molecule has 1 aromatic rings. The van der Waals surface area contributed by atoms with E-state index in [1.165, 1.54) is 19.2 Å².